The van der Waals surface area contributed by atoms with E-state index in [-0.39, 0.29) is 0 Å². The Morgan fingerprint density at radius 3 is 3.07 bits per heavy atom. The molecule has 0 aliphatic rings. The molecule has 2 aromatic heterocycles. The number of nitrogens with zero attached hydrogens (tertiary/aromatic N) is 1. The van der Waals surface area contributed by atoms with Crippen LogP contribution >= 0.6 is 11.3 Å². The van der Waals surface area contributed by atoms with Crippen molar-refractivity contribution in [1.82, 2.24) is 4.98 Å². The van der Waals surface area contributed by atoms with Gasteiger partial charge in [-0.3, -0.25) is 0 Å². The first-order chi connectivity index (χ1) is 7.36. The van der Waals surface area contributed by atoms with Crippen LogP contribution in [0, 0.1) is 0 Å². The number of hydrogen-bond acceptors (Lipinski definition) is 4. The van der Waals surface area contributed by atoms with E-state index < -0.39 is 0 Å². The average molecular weight is 219 g/mol. The van der Waals surface area contributed by atoms with Crippen molar-refractivity contribution < 1.29 is 0 Å². The molecule has 2 aromatic rings. The summed E-state index contributed by atoms with van der Waals surface area (Å²) in [6, 6.07) is 5.81. The maximum absolute atomic E-state index is 5.76. The summed E-state index contributed by atoms with van der Waals surface area (Å²) >= 11 is 1.72. The summed E-state index contributed by atoms with van der Waals surface area (Å²) in [4.78, 5) is 4.16. The van der Waals surface area contributed by atoms with Gasteiger partial charge in [-0.25, -0.2) is 4.98 Å². The second-order valence-corrected chi connectivity index (χ2v) is 4.03. The van der Waals surface area contributed by atoms with Gasteiger partial charge in [0.25, 0.3) is 0 Å². The summed E-state index contributed by atoms with van der Waals surface area (Å²) in [5.74, 6) is 0.771. The normalized spacial score (nSPS) is 10.1. The van der Waals surface area contributed by atoms with Gasteiger partial charge in [0.2, 0.25) is 0 Å². The summed E-state index contributed by atoms with van der Waals surface area (Å²) in [5, 5.41) is 7.46. The first-order valence-electron chi connectivity index (χ1n) is 4.82. The number of nitrogens with two attached hydrogens (primary N) is 1. The fraction of sp³-hybridized carbons (Fsp3) is 0.182. The maximum atomic E-state index is 5.76. The molecule has 0 saturated heterocycles. The minimum absolute atomic E-state index is 0.697. The third kappa shape index (κ3) is 2.70. The van der Waals surface area contributed by atoms with Crippen molar-refractivity contribution in [3.63, 3.8) is 0 Å². The SMILES string of the molecule is Nc1cccnc1NCCc1ccsc1. The van der Waals surface area contributed by atoms with Crippen molar-refractivity contribution in [1.29, 1.82) is 0 Å². The van der Waals surface area contributed by atoms with Crippen LogP contribution in [0.15, 0.2) is 35.2 Å². The van der Waals surface area contributed by atoms with E-state index in [9.17, 15) is 0 Å². The molecule has 3 N–H and O–H groups in total. The quantitative estimate of drug-likeness (QED) is 0.830. The van der Waals surface area contributed by atoms with Gasteiger partial charge in [0.05, 0.1) is 5.69 Å². The predicted octanol–water partition coefficient (Wildman–Crippen LogP) is 2.38. The van der Waals surface area contributed by atoms with E-state index in [1.54, 1.807) is 17.5 Å². The molecule has 0 unspecified atom stereocenters. The van der Waals surface area contributed by atoms with Gasteiger partial charge in [-0.15, -0.1) is 0 Å². The van der Waals surface area contributed by atoms with E-state index in [1.807, 2.05) is 12.1 Å². The lowest BCUT2D eigenvalue weighted by atomic mass is 10.2. The summed E-state index contributed by atoms with van der Waals surface area (Å²) in [7, 11) is 0. The standard InChI is InChI=1S/C11H13N3S/c12-10-2-1-5-13-11(10)14-6-3-9-4-7-15-8-9/h1-2,4-5,7-8H,3,6,12H2,(H,13,14). The Hall–Kier alpha value is -1.55. The van der Waals surface area contributed by atoms with Crippen LogP contribution in [0.1, 0.15) is 5.56 Å². The molecule has 0 spiro atoms. The fourth-order valence-electron chi connectivity index (χ4n) is 1.33. The van der Waals surface area contributed by atoms with E-state index in [0.29, 0.717) is 5.69 Å². The van der Waals surface area contributed by atoms with Crippen LogP contribution in [0.3, 0.4) is 0 Å². The summed E-state index contributed by atoms with van der Waals surface area (Å²) in [6.45, 7) is 0.859. The molecule has 0 aromatic carbocycles. The Morgan fingerprint density at radius 2 is 2.33 bits per heavy atom. The van der Waals surface area contributed by atoms with E-state index >= 15 is 0 Å². The van der Waals surface area contributed by atoms with Crippen molar-refractivity contribution in [3.8, 4) is 0 Å². The Labute approximate surface area is 93.0 Å². The van der Waals surface area contributed by atoms with E-state index in [2.05, 4.69) is 27.1 Å². The number of rotatable bonds is 4. The van der Waals surface area contributed by atoms with Gasteiger partial charge in [-0.2, -0.15) is 11.3 Å². The molecule has 4 heteroatoms. The maximum Gasteiger partial charge on any atom is 0.149 e. The zero-order chi connectivity index (χ0) is 10.5. The van der Waals surface area contributed by atoms with Gasteiger partial charge in [0.15, 0.2) is 0 Å². The number of anilines is 2. The van der Waals surface area contributed by atoms with Crippen LogP contribution in [-0.2, 0) is 6.42 Å². The summed E-state index contributed by atoms with van der Waals surface area (Å²) in [6.07, 6.45) is 2.74. The lowest BCUT2D eigenvalue weighted by Crippen LogP contribution is -2.07. The largest absolute Gasteiger partial charge is 0.396 e. The van der Waals surface area contributed by atoms with Crippen LogP contribution in [0.2, 0.25) is 0 Å². The first-order valence-corrected chi connectivity index (χ1v) is 5.76. The Kier molecular flexibility index (Phi) is 3.19. The molecule has 15 heavy (non-hydrogen) atoms. The zero-order valence-electron chi connectivity index (χ0n) is 8.31. The zero-order valence-corrected chi connectivity index (χ0v) is 9.13. The van der Waals surface area contributed by atoms with Crippen LogP contribution in [-0.4, -0.2) is 11.5 Å². The van der Waals surface area contributed by atoms with Gasteiger partial charge >= 0.3 is 0 Å². The smallest absolute Gasteiger partial charge is 0.149 e. The molecular formula is C11H13N3S. The highest BCUT2D eigenvalue weighted by atomic mass is 32.1. The summed E-state index contributed by atoms with van der Waals surface area (Å²) in [5.41, 5.74) is 7.80. The van der Waals surface area contributed by atoms with Crippen molar-refractivity contribution in [2.75, 3.05) is 17.6 Å². The van der Waals surface area contributed by atoms with Crippen molar-refractivity contribution in [2.24, 2.45) is 0 Å². The van der Waals surface area contributed by atoms with Gasteiger partial charge in [0.1, 0.15) is 5.82 Å². The summed E-state index contributed by atoms with van der Waals surface area (Å²) < 4.78 is 0. The first kappa shape index (κ1) is 9.98. The molecule has 0 aliphatic carbocycles. The molecule has 0 atom stereocenters. The van der Waals surface area contributed by atoms with Crippen molar-refractivity contribution in [3.05, 3.63) is 40.7 Å². The van der Waals surface area contributed by atoms with Gasteiger partial charge in [-0.1, -0.05) is 0 Å². The van der Waals surface area contributed by atoms with Gasteiger partial charge < -0.3 is 11.1 Å². The molecule has 78 valence electrons. The molecule has 0 aliphatic heterocycles. The molecule has 0 radical (unpaired) electrons. The van der Waals surface area contributed by atoms with Crippen LogP contribution in [0.5, 0.6) is 0 Å². The molecule has 3 nitrogen and oxygen atoms in total. The molecule has 0 saturated carbocycles. The van der Waals surface area contributed by atoms with Gasteiger partial charge in [0, 0.05) is 12.7 Å². The van der Waals surface area contributed by atoms with Crippen LogP contribution < -0.4 is 11.1 Å². The second kappa shape index (κ2) is 4.79. The minimum atomic E-state index is 0.697. The topological polar surface area (TPSA) is 50.9 Å². The van der Waals surface area contributed by atoms with E-state index in [4.69, 9.17) is 5.73 Å². The number of aromatic nitrogens is 1. The third-order valence-corrected chi connectivity index (χ3v) is 2.86. The molecule has 0 amide bonds. The van der Waals surface area contributed by atoms with Crippen molar-refractivity contribution in [2.45, 2.75) is 6.42 Å². The number of nitrogen functional groups attached to an aromatic ring is 1. The second-order valence-electron chi connectivity index (χ2n) is 3.25. The molecular weight excluding hydrogens is 206 g/mol. The highest BCUT2D eigenvalue weighted by Crippen LogP contribution is 2.13. The number of pyridine rings is 1. The van der Waals surface area contributed by atoms with Gasteiger partial charge in [-0.05, 0) is 40.9 Å². The fourth-order valence-corrected chi connectivity index (χ4v) is 2.03. The minimum Gasteiger partial charge on any atom is -0.396 e. The average Bonchev–Trinajstić information content (AvgIpc) is 2.74. The Bertz CT molecular complexity index is 412. The number of thiophene rings is 1. The molecule has 2 rings (SSSR count). The third-order valence-electron chi connectivity index (χ3n) is 2.13. The monoisotopic (exact) mass is 219 g/mol. The highest BCUT2D eigenvalue weighted by Gasteiger charge is 1.98. The van der Waals surface area contributed by atoms with E-state index in [0.717, 1.165) is 18.8 Å². The van der Waals surface area contributed by atoms with Crippen LogP contribution in [0.25, 0.3) is 0 Å². The van der Waals surface area contributed by atoms with Crippen LogP contribution in [0.4, 0.5) is 11.5 Å². The Morgan fingerprint density at radius 1 is 1.40 bits per heavy atom. The molecule has 0 bridgehead atoms. The highest BCUT2D eigenvalue weighted by molar-refractivity contribution is 7.07. The number of nitrogens with one attached hydrogen (secondary N) is 1. The van der Waals surface area contributed by atoms with E-state index in [1.165, 1.54) is 5.56 Å². The molecule has 0 fully saturated rings. The lowest BCUT2D eigenvalue weighted by molar-refractivity contribution is 1.01. The number of hydrogen-bond donors (Lipinski definition) is 2. The predicted molar refractivity (Wildman–Crippen MR) is 65.2 cm³/mol. The van der Waals surface area contributed by atoms with Crippen molar-refractivity contribution >= 4 is 22.8 Å². The lowest BCUT2D eigenvalue weighted by Gasteiger charge is -2.06. The molecule has 2 heterocycles. The Balaban J connectivity index is 1.86.